The molecule has 4 rings (SSSR count). The van der Waals surface area contributed by atoms with Crippen molar-refractivity contribution in [1.82, 2.24) is 20.2 Å². The second kappa shape index (κ2) is 10.5. The molecule has 1 aliphatic heterocycles. The minimum atomic E-state index is -0.453. The van der Waals surface area contributed by atoms with Crippen LogP contribution in [0.25, 0.3) is 10.9 Å². The number of carbonyl (C=O) groups is 1. The van der Waals surface area contributed by atoms with Crippen molar-refractivity contribution < 1.29 is 23.4 Å². The Labute approximate surface area is 194 Å². The van der Waals surface area contributed by atoms with Gasteiger partial charge in [-0.3, -0.25) is 4.90 Å². The Bertz CT molecular complexity index is 1150. The van der Waals surface area contributed by atoms with Gasteiger partial charge in [-0.15, -0.1) is 0 Å². The Morgan fingerprint density at radius 3 is 3.00 bits per heavy atom. The average molecular weight is 476 g/mol. The van der Waals surface area contributed by atoms with Crippen molar-refractivity contribution in [3.63, 3.8) is 0 Å². The molecule has 1 aromatic heterocycles. The van der Waals surface area contributed by atoms with Gasteiger partial charge in [0.2, 0.25) is 0 Å². The molecule has 2 heterocycles. The lowest BCUT2D eigenvalue weighted by Crippen LogP contribution is -2.30. The summed E-state index contributed by atoms with van der Waals surface area (Å²) in [6, 6.07) is 7.75. The van der Waals surface area contributed by atoms with Crippen LogP contribution >= 0.6 is 11.6 Å². The Morgan fingerprint density at radius 2 is 2.15 bits per heavy atom. The number of halogens is 2. The molecular formula is C22H23ClFN5O4. The molecule has 3 aromatic rings. The molecule has 0 radical (unpaired) electrons. The Morgan fingerprint density at radius 1 is 1.27 bits per heavy atom. The molecule has 1 fully saturated rings. The predicted octanol–water partition coefficient (Wildman–Crippen LogP) is 3.94. The minimum absolute atomic E-state index is 0.202. The van der Waals surface area contributed by atoms with Crippen LogP contribution in [0.1, 0.15) is 6.42 Å². The van der Waals surface area contributed by atoms with Gasteiger partial charge in [0, 0.05) is 36.1 Å². The summed E-state index contributed by atoms with van der Waals surface area (Å²) in [5.41, 5.74) is 0.812. The number of cyclic esters (lactones) is 1. The van der Waals surface area contributed by atoms with Crippen molar-refractivity contribution in [2.24, 2.45) is 0 Å². The number of carbonyl (C=O) groups excluding carboxylic acids is 1. The lowest BCUT2D eigenvalue weighted by molar-refractivity contribution is 0.0840. The van der Waals surface area contributed by atoms with Crippen LogP contribution in [0.3, 0.4) is 0 Å². The highest BCUT2D eigenvalue weighted by Gasteiger charge is 2.15. The number of alkyl carbamates (subject to hydrolysis) is 1. The van der Waals surface area contributed by atoms with Crippen molar-refractivity contribution in [3.05, 3.63) is 47.5 Å². The van der Waals surface area contributed by atoms with Gasteiger partial charge in [-0.2, -0.15) is 0 Å². The smallest absolute Gasteiger partial charge is 0.408 e. The molecule has 2 aromatic carbocycles. The summed E-state index contributed by atoms with van der Waals surface area (Å²) >= 11 is 6.00. The van der Waals surface area contributed by atoms with E-state index >= 15 is 0 Å². The van der Waals surface area contributed by atoms with Crippen LogP contribution in [0.4, 0.5) is 20.7 Å². The number of fused-ring (bicyclic) bond motifs is 1. The molecular weight excluding hydrogens is 453 g/mol. The number of ether oxygens (including phenoxy) is 3. The molecule has 0 atom stereocenters. The summed E-state index contributed by atoms with van der Waals surface area (Å²) in [5.74, 6) is 0.991. The number of aromatic nitrogens is 2. The first-order valence-electron chi connectivity index (χ1n) is 10.3. The number of nitrogens with one attached hydrogen (secondary N) is 2. The van der Waals surface area contributed by atoms with Crippen LogP contribution in [0, 0.1) is 5.82 Å². The topological polar surface area (TPSA) is 97.8 Å². The van der Waals surface area contributed by atoms with E-state index in [0.717, 1.165) is 0 Å². The maximum Gasteiger partial charge on any atom is 0.408 e. The molecule has 0 aliphatic carbocycles. The first-order valence-corrected chi connectivity index (χ1v) is 10.7. The van der Waals surface area contributed by atoms with Crippen molar-refractivity contribution in [3.8, 4) is 11.5 Å². The van der Waals surface area contributed by atoms with Crippen molar-refractivity contribution in [1.29, 1.82) is 0 Å². The average Bonchev–Trinajstić information content (AvgIpc) is 3.02. The molecule has 0 bridgehead atoms. The van der Waals surface area contributed by atoms with Crippen molar-refractivity contribution in [2.75, 3.05) is 45.4 Å². The number of amides is 1. The molecule has 11 heteroatoms. The van der Waals surface area contributed by atoms with Crippen LogP contribution in [0.15, 0.2) is 36.7 Å². The van der Waals surface area contributed by atoms with E-state index < -0.39 is 11.9 Å². The highest BCUT2D eigenvalue weighted by Crippen LogP contribution is 2.35. The molecule has 33 heavy (non-hydrogen) atoms. The summed E-state index contributed by atoms with van der Waals surface area (Å²) < 4.78 is 30.7. The maximum atomic E-state index is 14.2. The predicted molar refractivity (Wildman–Crippen MR) is 122 cm³/mol. The maximum absolute atomic E-state index is 14.2. The monoisotopic (exact) mass is 475 g/mol. The van der Waals surface area contributed by atoms with Crippen LogP contribution in [0.5, 0.6) is 11.5 Å². The Kier molecular flexibility index (Phi) is 7.26. The Balaban J connectivity index is 1.48. The second-order valence-electron chi connectivity index (χ2n) is 7.30. The summed E-state index contributed by atoms with van der Waals surface area (Å²) in [6.07, 6.45) is 1.69. The molecule has 174 valence electrons. The molecule has 1 aliphatic rings. The third-order valence-electron chi connectivity index (χ3n) is 5.05. The standard InChI is InChI=1S/C22H23ClFN5O4/c1-31-19-11-17-15(21(27-12-26-17)28-18-9-14(23)3-4-16(18)24)10-20(19)32-8-2-6-29-7-5-25-22(30)33-13-29/h3-4,9-12H,2,5-8,13H2,1H3,(H,25,30)(H,26,27,28). The normalized spacial score (nSPS) is 14.3. The van der Waals surface area contributed by atoms with E-state index in [-0.39, 0.29) is 12.4 Å². The van der Waals surface area contributed by atoms with E-state index in [0.29, 0.717) is 65.9 Å². The van der Waals surface area contributed by atoms with Gasteiger partial charge >= 0.3 is 6.09 Å². The highest BCUT2D eigenvalue weighted by molar-refractivity contribution is 6.30. The third-order valence-corrected chi connectivity index (χ3v) is 5.29. The zero-order valence-corrected chi connectivity index (χ0v) is 18.7. The molecule has 0 unspecified atom stereocenters. The van der Waals surface area contributed by atoms with E-state index in [9.17, 15) is 9.18 Å². The Hall–Kier alpha value is -3.37. The molecule has 0 saturated carbocycles. The highest BCUT2D eigenvalue weighted by atomic mass is 35.5. The summed E-state index contributed by atoms with van der Waals surface area (Å²) in [5, 5.41) is 6.67. The lowest BCUT2D eigenvalue weighted by atomic mass is 10.2. The minimum Gasteiger partial charge on any atom is -0.493 e. The summed E-state index contributed by atoms with van der Waals surface area (Å²) in [4.78, 5) is 21.8. The number of hydrogen-bond acceptors (Lipinski definition) is 8. The van der Waals surface area contributed by atoms with E-state index in [1.807, 2.05) is 4.90 Å². The largest absolute Gasteiger partial charge is 0.493 e. The quantitative estimate of drug-likeness (QED) is 0.473. The lowest BCUT2D eigenvalue weighted by Gasteiger charge is -2.18. The first-order chi connectivity index (χ1) is 16.0. The molecule has 2 N–H and O–H groups in total. The molecule has 9 nitrogen and oxygen atoms in total. The zero-order valence-electron chi connectivity index (χ0n) is 17.9. The van der Waals surface area contributed by atoms with Crippen LogP contribution in [0.2, 0.25) is 5.02 Å². The van der Waals surface area contributed by atoms with Gasteiger partial charge in [-0.25, -0.2) is 19.2 Å². The van der Waals surface area contributed by atoms with Gasteiger partial charge in [0.05, 0.1) is 24.9 Å². The van der Waals surface area contributed by atoms with Gasteiger partial charge in [0.25, 0.3) is 0 Å². The number of hydrogen-bond donors (Lipinski definition) is 2. The van der Waals surface area contributed by atoms with Gasteiger partial charge in [0.1, 0.15) is 24.7 Å². The SMILES string of the molecule is COc1cc2ncnc(Nc3cc(Cl)ccc3F)c2cc1OCCCN1CCNC(=O)OC1. The third kappa shape index (κ3) is 5.71. The zero-order chi connectivity index (χ0) is 23.2. The number of nitrogens with zero attached hydrogens (tertiary/aromatic N) is 3. The van der Waals surface area contributed by atoms with Gasteiger partial charge < -0.3 is 24.8 Å². The van der Waals surface area contributed by atoms with Gasteiger partial charge in [-0.1, -0.05) is 11.6 Å². The number of benzene rings is 2. The number of anilines is 2. The van der Waals surface area contributed by atoms with Gasteiger partial charge in [-0.05, 0) is 30.7 Å². The molecule has 0 spiro atoms. The van der Waals surface area contributed by atoms with E-state index in [1.54, 1.807) is 19.2 Å². The van der Waals surface area contributed by atoms with Crippen molar-refractivity contribution in [2.45, 2.75) is 6.42 Å². The molecule has 1 amide bonds. The van der Waals surface area contributed by atoms with E-state index in [1.165, 1.54) is 24.5 Å². The second-order valence-corrected chi connectivity index (χ2v) is 7.74. The van der Waals surface area contributed by atoms with Crippen molar-refractivity contribution >= 4 is 40.1 Å². The number of methoxy groups -OCH3 is 1. The summed E-state index contributed by atoms with van der Waals surface area (Å²) in [7, 11) is 1.55. The fourth-order valence-corrected chi connectivity index (χ4v) is 3.56. The van der Waals surface area contributed by atoms with Crippen LogP contribution in [-0.4, -0.2) is 61.0 Å². The number of rotatable bonds is 8. The van der Waals surface area contributed by atoms with E-state index in [2.05, 4.69) is 20.6 Å². The van der Waals surface area contributed by atoms with Crippen LogP contribution < -0.4 is 20.1 Å². The molecule has 1 saturated heterocycles. The van der Waals surface area contributed by atoms with Crippen LogP contribution in [-0.2, 0) is 4.74 Å². The fraction of sp³-hybridized carbons (Fsp3) is 0.318. The first kappa shape index (κ1) is 22.8. The summed E-state index contributed by atoms with van der Waals surface area (Å²) in [6.45, 7) is 2.62. The van der Waals surface area contributed by atoms with E-state index in [4.69, 9.17) is 25.8 Å². The van der Waals surface area contributed by atoms with Gasteiger partial charge in [0.15, 0.2) is 11.5 Å². The fourth-order valence-electron chi connectivity index (χ4n) is 3.39.